The minimum atomic E-state index is -3.99. The van der Waals surface area contributed by atoms with Crippen molar-refractivity contribution in [3.63, 3.8) is 0 Å². The average molecular weight is 430 g/mol. The maximum absolute atomic E-state index is 12.5. The molecule has 10 heteroatoms. The van der Waals surface area contributed by atoms with Crippen molar-refractivity contribution >= 4 is 22.2 Å². The van der Waals surface area contributed by atoms with Crippen molar-refractivity contribution in [2.45, 2.75) is 4.90 Å². The van der Waals surface area contributed by atoms with E-state index in [1.54, 1.807) is 36.4 Å². The Morgan fingerprint density at radius 1 is 1.03 bits per heavy atom. The van der Waals surface area contributed by atoms with Gasteiger partial charge in [0.15, 0.2) is 0 Å². The number of hydrazone groups is 1. The van der Waals surface area contributed by atoms with Crippen molar-refractivity contribution < 1.29 is 31.8 Å². The fourth-order valence-corrected chi connectivity index (χ4v) is 3.36. The second-order valence-electron chi connectivity index (χ2n) is 5.81. The van der Waals surface area contributed by atoms with Crippen LogP contribution in [-0.2, 0) is 10.0 Å². The van der Waals surface area contributed by atoms with Crippen molar-refractivity contribution in [2.24, 2.45) is 5.10 Å². The third-order valence-corrected chi connectivity index (χ3v) is 5.10. The molecule has 0 bridgehead atoms. The Labute approximate surface area is 172 Å². The van der Waals surface area contributed by atoms with Gasteiger partial charge >= 0.3 is 5.97 Å². The molecule has 3 rings (SSSR count). The molecular weight excluding hydrogens is 412 g/mol. The molecule has 9 nitrogen and oxygen atoms in total. The molecule has 30 heavy (non-hydrogen) atoms. The number of hydrogen-bond donors (Lipinski definition) is 1. The summed E-state index contributed by atoms with van der Waals surface area (Å²) in [4.78, 5) is 13.9. The standard InChI is InChI=1S/C20H18N2O7S/c1-26-16-9-10-17(27-2)19(12-16)30(24,25)22-21-13-14-5-7-15(8-6-14)29-20(23)18-4-3-11-28-18/h3-13,22H,1-2H3/b21-13+. The topological polar surface area (TPSA) is 116 Å². The molecule has 0 fully saturated rings. The number of carbonyl (C=O) groups excluding carboxylic acids is 1. The smallest absolute Gasteiger partial charge is 0.379 e. The molecule has 3 aromatic rings. The van der Waals surface area contributed by atoms with Crippen molar-refractivity contribution in [3.8, 4) is 17.2 Å². The van der Waals surface area contributed by atoms with E-state index in [4.69, 9.17) is 18.6 Å². The Morgan fingerprint density at radius 3 is 2.40 bits per heavy atom. The van der Waals surface area contributed by atoms with E-state index in [0.29, 0.717) is 17.1 Å². The molecule has 0 aliphatic rings. The summed E-state index contributed by atoms with van der Waals surface area (Å²) in [5.74, 6) is 0.278. The number of nitrogens with zero attached hydrogens (tertiary/aromatic N) is 1. The van der Waals surface area contributed by atoms with Crippen LogP contribution in [0.15, 0.2) is 75.3 Å². The van der Waals surface area contributed by atoms with Crippen LogP contribution in [0.3, 0.4) is 0 Å². The fourth-order valence-electron chi connectivity index (χ4n) is 2.39. The highest BCUT2D eigenvalue weighted by atomic mass is 32.2. The van der Waals surface area contributed by atoms with Crippen LogP contribution in [-0.4, -0.2) is 34.8 Å². The molecule has 0 atom stereocenters. The van der Waals surface area contributed by atoms with Crippen LogP contribution in [0.2, 0.25) is 0 Å². The Bertz CT molecular complexity index is 1140. The molecule has 0 aliphatic carbocycles. The van der Waals surface area contributed by atoms with Gasteiger partial charge in [0, 0.05) is 6.07 Å². The first-order chi connectivity index (χ1) is 14.4. The zero-order chi connectivity index (χ0) is 21.6. The lowest BCUT2D eigenvalue weighted by Crippen LogP contribution is -2.19. The van der Waals surface area contributed by atoms with Gasteiger partial charge in [0.2, 0.25) is 5.76 Å². The SMILES string of the molecule is COc1ccc(OC)c(S(=O)(=O)N/N=C/c2ccc(OC(=O)c3ccco3)cc2)c1. The maximum atomic E-state index is 12.5. The number of nitrogens with one attached hydrogen (secondary N) is 1. The van der Waals surface area contributed by atoms with Crippen LogP contribution in [0.4, 0.5) is 0 Å². The Balaban J connectivity index is 1.67. The van der Waals surface area contributed by atoms with Crippen molar-refractivity contribution in [1.29, 1.82) is 0 Å². The fraction of sp³-hybridized carbons (Fsp3) is 0.100. The van der Waals surface area contributed by atoms with Crippen molar-refractivity contribution in [3.05, 3.63) is 72.2 Å². The van der Waals surface area contributed by atoms with E-state index in [1.165, 1.54) is 44.9 Å². The molecule has 2 aromatic carbocycles. The molecular formula is C20H18N2O7S. The third-order valence-electron chi connectivity index (χ3n) is 3.86. The Kier molecular flexibility index (Phi) is 6.38. The number of rotatable bonds is 8. The lowest BCUT2D eigenvalue weighted by atomic mass is 10.2. The highest BCUT2D eigenvalue weighted by Gasteiger charge is 2.20. The van der Waals surface area contributed by atoms with E-state index in [0.717, 1.165) is 0 Å². The van der Waals surface area contributed by atoms with Crippen LogP contribution in [0.25, 0.3) is 0 Å². The van der Waals surface area contributed by atoms with Crippen LogP contribution < -0.4 is 19.0 Å². The van der Waals surface area contributed by atoms with Crippen LogP contribution in [0.1, 0.15) is 16.1 Å². The Morgan fingerprint density at radius 2 is 1.77 bits per heavy atom. The predicted molar refractivity (Wildman–Crippen MR) is 108 cm³/mol. The van der Waals surface area contributed by atoms with Crippen LogP contribution >= 0.6 is 0 Å². The van der Waals surface area contributed by atoms with Crippen LogP contribution in [0.5, 0.6) is 17.2 Å². The van der Waals surface area contributed by atoms with Crippen molar-refractivity contribution in [2.75, 3.05) is 14.2 Å². The number of sulfonamides is 1. The number of carbonyl (C=O) groups is 1. The van der Waals surface area contributed by atoms with Gasteiger partial charge in [-0.3, -0.25) is 0 Å². The molecule has 0 saturated carbocycles. The quantitative estimate of drug-likeness (QED) is 0.253. The summed E-state index contributed by atoms with van der Waals surface area (Å²) in [6, 6.07) is 13.8. The monoisotopic (exact) mass is 430 g/mol. The molecule has 0 saturated heterocycles. The zero-order valence-electron chi connectivity index (χ0n) is 16.1. The first kappa shape index (κ1) is 20.9. The van der Waals surface area contributed by atoms with Gasteiger partial charge in [-0.05, 0) is 54.1 Å². The van der Waals surface area contributed by atoms with Gasteiger partial charge in [-0.1, -0.05) is 0 Å². The summed E-state index contributed by atoms with van der Waals surface area (Å²) in [6.45, 7) is 0. The summed E-state index contributed by atoms with van der Waals surface area (Å²) in [5, 5.41) is 3.77. The highest BCUT2D eigenvalue weighted by molar-refractivity contribution is 7.89. The average Bonchev–Trinajstić information content (AvgIpc) is 3.29. The van der Waals surface area contributed by atoms with Gasteiger partial charge in [-0.2, -0.15) is 18.4 Å². The van der Waals surface area contributed by atoms with Gasteiger partial charge in [0.05, 0.1) is 26.7 Å². The number of methoxy groups -OCH3 is 2. The zero-order valence-corrected chi connectivity index (χ0v) is 16.9. The molecule has 0 aliphatic heterocycles. The van der Waals surface area contributed by atoms with Crippen LogP contribution in [0, 0.1) is 0 Å². The summed E-state index contributed by atoms with van der Waals surface area (Å²) >= 11 is 0. The molecule has 0 amide bonds. The summed E-state index contributed by atoms with van der Waals surface area (Å²) in [7, 11) is -1.19. The summed E-state index contributed by atoms with van der Waals surface area (Å²) < 4.78 is 45.3. The van der Waals surface area contributed by atoms with E-state index in [9.17, 15) is 13.2 Å². The first-order valence-electron chi connectivity index (χ1n) is 8.55. The molecule has 0 unspecified atom stereocenters. The van der Waals surface area contributed by atoms with Gasteiger partial charge in [-0.25, -0.2) is 4.79 Å². The lowest BCUT2D eigenvalue weighted by molar-refractivity contribution is 0.0701. The molecule has 156 valence electrons. The highest BCUT2D eigenvalue weighted by Crippen LogP contribution is 2.27. The third kappa shape index (κ3) is 4.97. The van der Waals surface area contributed by atoms with E-state index in [1.807, 2.05) is 0 Å². The molecule has 1 N–H and O–H groups in total. The molecule has 1 aromatic heterocycles. The minimum absolute atomic E-state index is 0.0861. The lowest BCUT2D eigenvalue weighted by Gasteiger charge is -2.10. The largest absolute Gasteiger partial charge is 0.497 e. The first-order valence-corrected chi connectivity index (χ1v) is 10.0. The maximum Gasteiger partial charge on any atom is 0.379 e. The molecule has 1 heterocycles. The van der Waals surface area contributed by atoms with E-state index in [-0.39, 0.29) is 16.4 Å². The van der Waals surface area contributed by atoms with Gasteiger partial charge in [0.1, 0.15) is 22.1 Å². The van der Waals surface area contributed by atoms with E-state index < -0.39 is 16.0 Å². The number of benzene rings is 2. The van der Waals surface area contributed by atoms with E-state index >= 15 is 0 Å². The normalized spacial score (nSPS) is 11.3. The number of ether oxygens (including phenoxy) is 3. The van der Waals surface area contributed by atoms with E-state index in [2.05, 4.69) is 9.93 Å². The van der Waals surface area contributed by atoms with Crippen molar-refractivity contribution in [1.82, 2.24) is 4.83 Å². The number of furan rings is 1. The second kappa shape index (κ2) is 9.14. The molecule has 0 spiro atoms. The number of esters is 1. The molecule has 0 radical (unpaired) electrons. The number of hydrogen-bond acceptors (Lipinski definition) is 8. The Hall–Kier alpha value is -3.79. The summed E-state index contributed by atoms with van der Waals surface area (Å²) in [6.07, 6.45) is 2.68. The van der Waals surface area contributed by atoms with Gasteiger partial charge < -0.3 is 18.6 Å². The second-order valence-corrected chi connectivity index (χ2v) is 7.43. The minimum Gasteiger partial charge on any atom is -0.497 e. The summed E-state index contributed by atoms with van der Waals surface area (Å²) in [5.41, 5.74) is 0.577. The van der Waals surface area contributed by atoms with Gasteiger partial charge in [-0.15, -0.1) is 0 Å². The van der Waals surface area contributed by atoms with Gasteiger partial charge in [0.25, 0.3) is 10.0 Å². The predicted octanol–water partition coefficient (Wildman–Crippen LogP) is 2.83.